The SMILES string of the molecule is CNC(=O)C1CC(CCc2ccccc2)CCN1. The van der Waals surface area contributed by atoms with Crippen LogP contribution in [0.4, 0.5) is 0 Å². The minimum atomic E-state index is 0.00419. The molecular weight excluding hydrogens is 224 g/mol. The number of benzene rings is 1. The molecule has 2 N–H and O–H groups in total. The highest BCUT2D eigenvalue weighted by molar-refractivity contribution is 5.81. The molecule has 1 aliphatic rings. The van der Waals surface area contributed by atoms with E-state index in [0.717, 1.165) is 19.4 Å². The van der Waals surface area contributed by atoms with Crippen molar-refractivity contribution >= 4 is 5.91 Å². The minimum absolute atomic E-state index is 0.00419. The summed E-state index contributed by atoms with van der Waals surface area (Å²) < 4.78 is 0. The van der Waals surface area contributed by atoms with Crippen molar-refractivity contribution in [3.63, 3.8) is 0 Å². The number of hydrogen-bond acceptors (Lipinski definition) is 2. The minimum Gasteiger partial charge on any atom is -0.358 e. The first-order valence-electron chi connectivity index (χ1n) is 6.78. The quantitative estimate of drug-likeness (QED) is 0.849. The average Bonchev–Trinajstić information content (AvgIpc) is 2.45. The van der Waals surface area contributed by atoms with Crippen LogP contribution in [0.3, 0.4) is 0 Å². The Morgan fingerprint density at radius 2 is 2.17 bits per heavy atom. The second-order valence-electron chi connectivity index (χ2n) is 5.04. The molecule has 1 saturated heterocycles. The molecule has 3 heteroatoms. The zero-order chi connectivity index (χ0) is 12.8. The van der Waals surface area contributed by atoms with Gasteiger partial charge < -0.3 is 10.6 Å². The van der Waals surface area contributed by atoms with Gasteiger partial charge in [-0.3, -0.25) is 4.79 Å². The topological polar surface area (TPSA) is 41.1 Å². The Balaban J connectivity index is 1.81. The molecule has 0 spiro atoms. The fourth-order valence-electron chi connectivity index (χ4n) is 2.65. The van der Waals surface area contributed by atoms with Gasteiger partial charge >= 0.3 is 0 Å². The first kappa shape index (κ1) is 13.1. The van der Waals surface area contributed by atoms with Gasteiger partial charge in [0.2, 0.25) is 5.91 Å². The maximum absolute atomic E-state index is 11.6. The second kappa shape index (κ2) is 6.55. The predicted molar refractivity (Wildman–Crippen MR) is 73.3 cm³/mol. The number of piperidine rings is 1. The molecule has 1 amide bonds. The summed E-state index contributed by atoms with van der Waals surface area (Å²) in [7, 11) is 1.71. The van der Waals surface area contributed by atoms with Crippen LogP contribution >= 0.6 is 0 Å². The fraction of sp³-hybridized carbons (Fsp3) is 0.533. The Hall–Kier alpha value is -1.35. The summed E-state index contributed by atoms with van der Waals surface area (Å²) >= 11 is 0. The highest BCUT2D eigenvalue weighted by Gasteiger charge is 2.25. The fourth-order valence-corrected chi connectivity index (χ4v) is 2.65. The lowest BCUT2D eigenvalue weighted by molar-refractivity contribution is -0.123. The van der Waals surface area contributed by atoms with Crippen molar-refractivity contribution in [2.75, 3.05) is 13.6 Å². The summed E-state index contributed by atoms with van der Waals surface area (Å²) in [4.78, 5) is 11.6. The Kier molecular flexibility index (Phi) is 4.76. The number of nitrogens with one attached hydrogen (secondary N) is 2. The van der Waals surface area contributed by atoms with E-state index in [4.69, 9.17) is 0 Å². The number of likely N-dealkylation sites (N-methyl/N-ethyl adjacent to an activating group) is 1. The maximum atomic E-state index is 11.6. The van der Waals surface area contributed by atoms with Gasteiger partial charge in [-0.25, -0.2) is 0 Å². The van der Waals surface area contributed by atoms with Gasteiger partial charge in [-0.15, -0.1) is 0 Å². The molecule has 0 bridgehead atoms. The van der Waals surface area contributed by atoms with E-state index in [9.17, 15) is 4.79 Å². The molecule has 1 aliphatic heterocycles. The third kappa shape index (κ3) is 3.57. The van der Waals surface area contributed by atoms with Gasteiger partial charge in [0.05, 0.1) is 6.04 Å². The van der Waals surface area contributed by atoms with Gasteiger partial charge in [-0.1, -0.05) is 30.3 Å². The van der Waals surface area contributed by atoms with Crippen molar-refractivity contribution in [2.24, 2.45) is 5.92 Å². The van der Waals surface area contributed by atoms with Crippen LogP contribution in [0, 0.1) is 5.92 Å². The Bertz CT molecular complexity index is 377. The number of aryl methyl sites for hydroxylation is 1. The van der Waals surface area contributed by atoms with Gasteiger partial charge in [-0.2, -0.15) is 0 Å². The van der Waals surface area contributed by atoms with Gasteiger partial charge in [0.1, 0.15) is 0 Å². The smallest absolute Gasteiger partial charge is 0.236 e. The van der Waals surface area contributed by atoms with Crippen LogP contribution in [0.1, 0.15) is 24.8 Å². The number of amides is 1. The molecule has 98 valence electrons. The average molecular weight is 246 g/mol. The molecule has 1 aromatic carbocycles. The summed E-state index contributed by atoms with van der Waals surface area (Å²) in [5.74, 6) is 0.785. The summed E-state index contributed by atoms with van der Waals surface area (Å²) in [6, 6.07) is 10.6. The van der Waals surface area contributed by atoms with E-state index in [1.54, 1.807) is 7.05 Å². The number of carbonyl (C=O) groups excluding carboxylic acids is 1. The summed E-state index contributed by atoms with van der Waals surface area (Å²) in [5.41, 5.74) is 1.40. The molecule has 0 aromatic heterocycles. The van der Waals surface area contributed by atoms with Crippen molar-refractivity contribution in [3.8, 4) is 0 Å². The zero-order valence-electron chi connectivity index (χ0n) is 11.0. The van der Waals surface area contributed by atoms with Crippen molar-refractivity contribution in [2.45, 2.75) is 31.7 Å². The third-order valence-electron chi connectivity index (χ3n) is 3.76. The molecule has 1 heterocycles. The van der Waals surface area contributed by atoms with E-state index < -0.39 is 0 Å². The Morgan fingerprint density at radius 1 is 1.39 bits per heavy atom. The van der Waals surface area contributed by atoms with Crippen molar-refractivity contribution in [3.05, 3.63) is 35.9 Å². The Labute approximate surface area is 109 Å². The monoisotopic (exact) mass is 246 g/mol. The van der Waals surface area contributed by atoms with E-state index in [1.165, 1.54) is 18.4 Å². The molecule has 3 nitrogen and oxygen atoms in total. The number of rotatable bonds is 4. The van der Waals surface area contributed by atoms with Crippen molar-refractivity contribution < 1.29 is 4.79 Å². The van der Waals surface area contributed by atoms with E-state index in [0.29, 0.717) is 5.92 Å². The maximum Gasteiger partial charge on any atom is 0.236 e. The van der Waals surface area contributed by atoms with Crippen molar-refractivity contribution in [1.29, 1.82) is 0 Å². The molecule has 1 aromatic rings. The van der Waals surface area contributed by atoms with E-state index >= 15 is 0 Å². The molecule has 0 aliphatic carbocycles. The van der Waals surface area contributed by atoms with E-state index in [1.807, 2.05) is 0 Å². The third-order valence-corrected chi connectivity index (χ3v) is 3.76. The molecule has 2 rings (SSSR count). The van der Waals surface area contributed by atoms with Crippen LogP contribution in [-0.2, 0) is 11.2 Å². The molecule has 1 fully saturated rings. The van der Waals surface area contributed by atoms with Crippen LogP contribution in [0.15, 0.2) is 30.3 Å². The van der Waals surface area contributed by atoms with Crippen LogP contribution in [0.5, 0.6) is 0 Å². The molecule has 18 heavy (non-hydrogen) atoms. The van der Waals surface area contributed by atoms with Crippen LogP contribution in [-0.4, -0.2) is 25.5 Å². The largest absolute Gasteiger partial charge is 0.358 e. The highest BCUT2D eigenvalue weighted by Crippen LogP contribution is 2.22. The number of hydrogen-bond donors (Lipinski definition) is 2. The molecule has 2 atom stereocenters. The molecule has 0 radical (unpaired) electrons. The van der Waals surface area contributed by atoms with Gasteiger partial charge in [0, 0.05) is 7.05 Å². The van der Waals surface area contributed by atoms with Crippen molar-refractivity contribution in [1.82, 2.24) is 10.6 Å². The summed E-state index contributed by atoms with van der Waals surface area (Å²) in [6.07, 6.45) is 4.44. The zero-order valence-corrected chi connectivity index (χ0v) is 11.0. The summed E-state index contributed by atoms with van der Waals surface area (Å²) in [5, 5.41) is 6.01. The predicted octanol–water partition coefficient (Wildman–Crippen LogP) is 1.73. The first-order chi connectivity index (χ1) is 8.79. The van der Waals surface area contributed by atoms with Crippen LogP contribution in [0.25, 0.3) is 0 Å². The Morgan fingerprint density at radius 3 is 2.89 bits per heavy atom. The van der Waals surface area contributed by atoms with E-state index in [-0.39, 0.29) is 11.9 Å². The standard InChI is InChI=1S/C15H22N2O/c1-16-15(18)14-11-13(9-10-17-14)8-7-12-5-3-2-4-6-12/h2-6,13-14,17H,7-11H2,1H3,(H,16,18). The first-order valence-corrected chi connectivity index (χ1v) is 6.78. The van der Waals surface area contributed by atoms with Crippen LogP contribution in [0.2, 0.25) is 0 Å². The van der Waals surface area contributed by atoms with Gasteiger partial charge in [0.25, 0.3) is 0 Å². The van der Waals surface area contributed by atoms with E-state index in [2.05, 4.69) is 41.0 Å². The lowest BCUT2D eigenvalue weighted by Gasteiger charge is -2.29. The second-order valence-corrected chi connectivity index (χ2v) is 5.04. The lowest BCUT2D eigenvalue weighted by Crippen LogP contribution is -2.47. The van der Waals surface area contributed by atoms with Gasteiger partial charge in [-0.05, 0) is 43.7 Å². The normalized spacial score (nSPS) is 23.6. The molecular formula is C15H22N2O. The molecule has 0 saturated carbocycles. The lowest BCUT2D eigenvalue weighted by atomic mass is 9.87. The number of carbonyl (C=O) groups is 1. The van der Waals surface area contributed by atoms with Crippen LogP contribution < -0.4 is 10.6 Å². The molecule has 2 unspecified atom stereocenters. The van der Waals surface area contributed by atoms with Gasteiger partial charge in [0.15, 0.2) is 0 Å². The highest BCUT2D eigenvalue weighted by atomic mass is 16.2. The summed E-state index contributed by atoms with van der Waals surface area (Å²) in [6.45, 7) is 0.956.